The number of nitrogen functional groups attached to an aromatic ring is 1. The van der Waals surface area contributed by atoms with Gasteiger partial charge in [0.25, 0.3) is 5.91 Å². The molecule has 2 aliphatic rings. The van der Waals surface area contributed by atoms with Gasteiger partial charge < -0.3 is 10.6 Å². The summed E-state index contributed by atoms with van der Waals surface area (Å²) in [4.78, 5) is 19.3. The summed E-state index contributed by atoms with van der Waals surface area (Å²) >= 11 is 0. The van der Waals surface area contributed by atoms with Crippen LogP contribution in [0.15, 0.2) is 30.6 Å². The predicted molar refractivity (Wildman–Crippen MR) is 127 cm³/mol. The number of anilines is 1. The van der Waals surface area contributed by atoms with Crippen molar-refractivity contribution < 1.29 is 18.0 Å². The first-order valence-electron chi connectivity index (χ1n) is 11.7. The minimum absolute atomic E-state index is 0.0936. The summed E-state index contributed by atoms with van der Waals surface area (Å²) in [6.07, 6.45) is 0.731. The van der Waals surface area contributed by atoms with Crippen molar-refractivity contribution >= 4 is 17.4 Å². The van der Waals surface area contributed by atoms with E-state index in [0.717, 1.165) is 30.2 Å². The summed E-state index contributed by atoms with van der Waals surface area (Å²) in [5.41, 5.74) is 8.46. The van der Waals surface area contributed by atoms with Crippen molar-refractivity contribution in [1.82, 2.24) is 29.3 Å². The number of hydrogen-bond acceptors (Lipinski definition) is 5. The van der Waals surface area contributed by atoms with E-state index in [9.17, 15) is 18.0 Å². The first kappa shape index (κ1) is 22.6. The van der Waals surface area contributed by atoms with E-state index >= 15 is 0 Å². The van der Waals surface area contributed by atoms with Gasteiger partial charge in [-0.3, -0.25) is 9.48 Å². The van der Waals surface area contributed by atoms with Crippen LogP contribution in [0.4, 0.5) is 19.0 Å². The zero-order valence-corrected chi connectivity index (χ0v) is 20.0. The number of hydrogen-bond donors (Lipinski definition) is 1. The van der Waals surface area contributed by atoms with Crippen molar-refractivity contribution in [2.24, 2.45) is 13.0 Å². The number of nitrogens with zero attached hydrogens (tertiary/aromatic N) is 6. The van der Waals surface area contributed by atoms with Gasteiger partial charge in [0, 0.05) is 43.2 Å². The summed E-state index contributed by atoms with van der Waals surface area (Å²) in [6.45, 7) is 3.91. The molecule has 1 amide bonds. The second-order valence-corrected chi connectivity index (χ2v) is 9.71. The summed E-state index contributed by atoms with van der Waals surface area (Å²) in [5.74, 6) is 0.0448. The lowest BCUT2D eigenvalue weighted by Crippen LogP contribution is -2.35. The SMILES string of the molecule is Cc1nn(C)cc1-c1c(N)nn2ccc(-c3cc4c(c(C(F)(F)F)c3)C(=O)N([C@@H](C)C3CC3)C4)nc12. The minimum atomic E-state index is -4.68. The van der Waals surface area contributed by atoms with Crippen LogP contribution in [0.5, 0.6) is 0 Å². The van der Waals surface area contributed by atoms with Gasteiger partial charge in [-0.15, -0.1) is 5.10 Å². The summed E-state index contributed by atoms with van der Waals surface area (Å²) < 4.78 is 45.7. The lowest BCUT2D eigenvalue weighted by atomic mass is 9.97. The van der Waals surface area contributed by atoms with Gasteiger partial charge in [-0.1, -0.05) is 0 Å². The molecule has 6 rings (SSSR count). The highest BCUT2D eigenvalue weighted by Crippen LogP contribution is 2.43. The van der Waals surface area contributed by atoms with Crippen molar-refractivity contribution in [3.8, 4) is 22.4 Å². The number of aryl methyl sites for hydroxylation is 2. The molecule has 11 heteroatoms. The number of nitrogens with two attached hydrogens (primary N) is 1. The molecule has 8 nitrogen and oxygen atoms in total. The highest BCUT2D eigenvalue weighted by Gasteiger charge is 2.44. The van der Waals surface area contributed by atoms with Crippen LogP contribution in [0.25, 0.3) is 28.0 Å². The number of carbonyl (C=O) groups is 1. The van der Waals surface area contributed by atoms with Crippen molar-refractivity contribution in [1.29, 1.82) is 0 Å². The van der Waals surface area contributed by atoms with Gasteiger partial charge in [0.15, 0.2) is 11.5 Å². The van der Waals surface area contributed by atoms with Crippen LogP contribution >= 0.6 is 0 Å². The molecule has 1 saturated carbocycles. The fraction of sp³-hybridized carbons (Fsp3) is 0.360. The van der Waals surface area contributed by atoms with E-state index in [4.69, 9.17) is 5.73 Å². The van der Waals surface area contributed by atoms with Crippen LogP contribution in [0, 0.1) is 12.8 Å². The Morgan fingerprint density at radius 3 is 2.56 bits per heavy atom. The largest absolute Gasteiger partial charge is 0.417 e. The number of carbonyl (C=O) groups excluding carboxylic acids is 1. The maximum atomic E-state index is 14.2. The molecule has 1 fully saturated rings. The third kappa shape index (κ3) is 3.44. The number of aromatic nitrogens is 5. The van der Waals surface area contributed by atoms with Crippen molar-refractivity contribution in [3.63, 3.8) is 0 Å². The summed E-state index contributed by atoms with van der Waals surface area (Å²) in [5, 5.41) is 8.67. The van der Waals surface area contributed by atoms with Crippen molar-refractivity contribution in [2.75, 3.05) is 5.73 Å². The topological polar surface area (TPSA) is 94.3 Å². The second-order valence-electron chi connectivity index (χ2n) is 9.71. The Balaban J connectivity index is 1.50. The van der Waals surface area contributed by atoms with Gasteiger partial charge in [-0.2, -0.15) is 18.3 Å². The zero-order valence-electron chi connectivity index (χ0n) is 20.0. The van der Waals surface area contributed by atoms with E-state index in [-0.39, 0.29) is 29.5 Å². The third-order valence-corrected chi connectivity index (χ3v) is 7.23. The number of halogens is 3. The number of amides is 1. The molecule has 2 N–H and O–H groups in total. The lowest BCUT2D eigenvalue weighted by Gasteiger charge is -2.24. The van der Waals surface area contributed by atoms with Crippen LogP contribution in [-0.2, 0) is 19.8 Å². The van der Waals surface area contributed by atoms with Crippen LogP contribution in [0.3, 0.4) is 0 Å². The molecule has 0 radical (unpaired) electrons. The van der Waals surface area contributed by atoms with E-state index in [1.807, 2.05) is 13.8 Å². The summed E-state index contributed by atoms with van der Waals surface area (Å²) in [7, 11) is 1.79. The first-order chi connectivity index (χ1) is 17.0. The average molecular weight is 496 g/mol. The Labute approximate surface area is 204 Å². The van der Waals surface area contributed by atoms with E-state index in [1.54, 1.807) is 41.2 Å². The van der Waals surface area contributed by atoms with Gasteiger partial charge in [-0.25, -0.2) is 9.50 Å². The zero-order chi connectivity index (χ0) is 25.5. The molecule has 0 saturated heterocycles. The molecule has 1 aliphatic heterocycles. The number of alkyl halides is 3. The Kier molecular flexibility index (Phi) is 4.73. The molecule has 4 aromatic rings. The van der Waals surface area contributed by atoms with Gasteiger partial charge in [0.1, 0.15) is 0 Å². The number of benzene rings is 1. The molecule has 1 aromatic carbocycles. The van der Waals surface area contributed by atoms with Crippen LogP contribution < -0.4 is 5.73 Å². The summed E-state index contributed by atoms with van der Waals surface area (Å²) in [6, 6.07) is 4.18. The average Bonchev–Trinajstić information content (AvgIpc) is 3.44. The quantitative estimate of drug-likeness (QED) is 0.451. The van der Waals surface area contributed by atoms with Gasteiger partial charge >= 0.3 is 6.18 Å². The molecule has 1 aliphatic carbocycles. The van der Waals surface area contributed by atoms with Crippen LogP contribution in [-0.4, -0.2) is 41.2 Å². The number of fused-ring (bicyclic) bond motifs is 2. The highest BCUT2D eigenvalue weighted by atomic mass is 19.4. The molecule has 3 aromatic heterocycles. The fourth-order valence-corrected chi connectivity index (χ4v) is 5.22. The van der Waals surface area contributed by atoms with Gasteiger partial charge in [-0.05, 0) is 56.4 Å². The molecule has 36 heavy (non-hydrogen) atoms. The van der Waals surface area contributed by atoms with Crippen molar-refractivity contribution in [2.45, 2.75) is 45.5 Å². The van der Waals surface area contributed by atoms with E-state index < -0.39 is 17.6 Å². The molecule has 4 heterocycles. The number of rotatable bonds is 4. The Bertz CT molecular complexity index is 1550. The molecule has 0 spiro atoms. The first-order valence-corrected chi connectivity index (χ1v) is 11.7. The maximum Gasteiger partial charge on any atom is 0.417 e. The van der Waals surface area contributed by atoms with E-state index in [0.29, 0.717) is 28.4 Å². The van der Waals surface area contributed by atoms with Crippen molar-refractivity contribution in [3.05, 3.63) is 53.0 Å². The second kappa shape index (κ2) is 7.55. The Hall–Kier alpha value is -3.89. The Morgan fingerprint density at radius 2 is 1.92 bits per heavy atom. The molecule has 1 atom stereocenters. The molecule has 0 bridgehead atoms. The standard InChI is InChI=1S/C25H24F3N7O/c1-12-17(11-33(3)31-12)21-22(29)32-35-7-6-19(30-23(21)35)15-8-16-10-34(13(2)14-4-5-14)24(36)20(16)18(9-15)25(26,27)28/h6-9,11,13-14H,4-5,10H2,1-3H3,(H2,29,32)/t13-/m0/s1. The predicted octanol–water partition coefficient (Wildman–Crippen LogP) is 4.46. The van der Waals surface area contributed by atoms with Gasteiger partial charge in [0.2, 0.25) is 0 Å². The fourth-order valence-electron chi connectivity index (χ4n) is 5.22. The van der Waals surface area contributed by atoms with E-state index in [2.05, 4.69) is 15.2 Å². The van der Waals surface area contributed by atoms with E-state index in [1.165, 1.54) is 4.52 Å². The third-order valence-electron chi connectivity index (χ3n) is 7.23. The molecule has 186 valence electrons. The molecular weight excluding hydrogens is 471 g/mol. The highest BCUT2D eigenvalue weighted by molar-refractivity contribution is 6.01. The van der Waals surface area contributed by atoms with Crippen LogP contribution in [0.2, 0.25) is 0 Å². The maximum absolute atomic E-state index is 14.2. The minimum Gasteiger partial charge on any atom is -0.382 e. The lowest BCUT2D eigenvalue weighted by molar-refractivity contribution is -0.137. The Morgan fingerprint density at radius 1 is 1.17 bits per heavy atom. The molecular formula is C25H24F3N7O. The van der Waals surface area contributed by atoms with Gasteiger partial charge in [0.05, 0.1) is 28.1 Å². The smallest absolute Gasteiger partial charge is 0.382 e. The monoisotopic (exact) mass is 495 g/mol. The normalized spacial score (nSPS) is 16.7. The van der Waals surface area contributed by atoms with Crippen LogP contribution in [0.1, 0.15) is 46.9 Å². The molecule has 0 unspecified atom stereocenters.